The third-order valence-corrected chi connectivity index (χ3v) is 6.12. The first-order valence-electron chi connectivity index (χ1n) is 10.5. The van der Waals surface area contributed by atoms with Crippen LogP contribution in [0.4, 0.5) is 5.69 Å². The molecule has 3 aliphatic rings. The summed E-state index contributed by atoms with van der Waals surface area (Å²) in [6.07, 6.45) is 5.05. The van der Waals surface area contributed by atoms with Crippen LogP contribution in [0.25, 0.3) is 0 Å². The summed E-state index contributed by atoms with van der Waals surface area (Å²) in [5.74, 6) is -1.16. The van der Waals surface area contributed by atoms with E-state index >= 15 is 0 Å². The molecule has 2 N–H and O–H groups in total. The Labute approximate surface area is 176 Å². The molecule has 2 saturated heterocycles. The number of nitrogens with one attached hydrogen (secondary N) is 2. The fourth-order valence-electron chi connectivity index (χ4n) is 4.26. The molecule has 0 saturated carbocycles. The number of ether oxygens (including phenoxy) is 1. The molecule has 0 aromatic heterocycles. The van der Waals surface area contributed by atoms with Crippen molar-refractivity contribution in [1.82, 2.24) is 15.6 Å². The number of rotatable bonds is 5. The number of carbonyl (C=O) groups is 3. The van der Waals surface area contributed by atoms with E-state index in [1.807, 2.05) is 12.2 Å². The molecule has 1 aromatic rings. The van der Waals surface area contributed by atoms with Crippen LogP contribution in [0.3, 0.4) is 0 Å². The molecule has 3 atom stereocenters. The first-order valence-corrected chi connectivity index (χ1v) is 10.5. The van der Waals surface area contributed by atoms with Crippen LogP contribution in [0.1, 0.15) is 30.1 Å². The second-order valence-corrected chi connectivity index (χ2v) is 8.06. The molecule has 3 unspecified atom stereocenters. The van der Waals surface area contributed by atoms with E-state index in [1.54, 1.807) is 24.3 Å². The van der Waals surface area contributed by atoms with E-state index in [0.29, 0.717) is 43.9 Å². The summed E-state index contributed by atoms with van der Waals surface area (Å²) in [6.45, 7) is 5.76. The molecule has 0 spiro atoms. The number of anilines is 1. The zero-order chi connectivity index (χ0) is 21.1. The Kier molecular flexibility index (Phi) is 6.15. The van der Waals surface area contributed by atoms with Gasteiger partial charge in [0.2, 0.25) is 11.8 Å². The standard InChI is InChI=1S/C22H28N4O4/c1-15(25-9-11-30-12-10-25)14-23-20(27)16-5-4-6-17(13-16)26-22(29)19-8-3-2-7-18(19)21(28)24-26/h2-6,13,15,18-19H,7-12,14H2,1H3,(H,23,27)(H,24,28). The van der Waals surface area contributed by atoms with Gasteiger partial charge in [-0.2, -0.15) is 0 Å². The summed E-state index contributed by atoms with van der Waals surface area (Å²) in [7, 11) is 0. The average Bonchev–Trinajstić information content (AvgIpc) is 2.80. The van der Waals surface area contributed by atoms with Gasteiger partial charge in [0.25, 0.3) is 5.91 Å². The SMILES string of the molecule is CC(CNC(=O)c1cccc(N2NC(=O)C3CC=CCC3C2=O)c1)N1CCOCC1. The maximum atomic E-state index is 12.9. The number of hydrazine groups is 1. The van der Waals surface area contributed by atoms with Crippen molar-refractivity contribution in [3.63, 3.8) is 0 Å². The first kappa shape index (κ1) is 20.6. The number of benzene rings is 1. The lowest BCUT2D eigenvalue weighted by atomic mass is 9.80. The highest BCUT2D eigenvalue weighted by Gasteiger charge is 2.42. The topological polar surface area (TPSA) is 91.0 Å². The second kappa shape index (κ2) is 8.97. The van der Waals surface area contributed by atoms with Crippen molar-refractivity contribution >= 4 is 23.4 Å². The van der Waals surface area contributed by atoms with Gasteiger partial charge < -0.3 is 10.1 Å². The number of nitrogens with zero attached hydrogens (tertiary/aromatic N) is 2. The number of hydrogen-bond donors (Lipinski definition) is 2. The monoisotopic (exact) mass is 412 g/mol. The van der Waals surface area contributed by atoms with Crippen molar-refractivity contribution in [2.45, 2.75) is 25.8 Å². The van der Waals surface area contributed by atoms with Gasteiger partial charge in [-0.25, -0.2) is 5.01 Å². The van der Waals surface area contributed by atoms with Crippen LogP contribution in [0, 0.1) is 11.8 Å². The largest absolute Gasteiger partial charge is 0.379 e. The minimum Gasteiger partial charge on any atom is -0.379 e. The predicted molar refractivity (Wildman–Crippen MR) is 112 cm³/mol. The Bertz CT molecular complexity index is 849. The number of hydrogen-bond acceptors (Lipinski definition) is 5. The molecule has 2 fully saturated rings. The zero-order valence-electron chi connectivity index (χ0n) is 17.2. The van der Waals surface area contributed by atoms with E-state index in [4.69, 9.17) is 4.74 Å². The van der Waals surface area contributed by atoms with Crippen molar-refractivity contribution in [2.24, 2.45) is 11.8 Å². The zero-order valence-corrected chi connectivity index (χ0v) is 17.2. The van der Waals surface area contributed by atoms with E-state index in [1.165, 1.54) is 5.01 Å². The molecule has 0 radical (unpaired) electrons. The maximum absolute atomic E-state index is 12.9. The molecule has 0 bridgehead atoms. The van der Waals surface area contributed by atoms with Gasteiger partial charge in [-0.3, -0.25) is 24.7 Å². The van der Waals surface area contributed by atoms with E-state index in [9.17, 15) is 14.4 Å². The first-order chi connectivity index (χ1) is 14.5. The lowest BCUT2D eigenvalue weighted by molar-refractivity contribution is -0.139. The quantitative estimate of drug-likeness (QED) is 0.707. The Hall–Kier alpha value is -2.71. The Morgan fingerprint density at radius 2 is 1.93 bits per heavy atom. The maximum Gasteiger partial charge on any atom is 0.251 e. The molecule has 8 nitrogen and oxygen atoms in total. The molecule has 1 aliphatic carbocycles. The molecule has 4 rings (SSSR count). The van der Waals surface area contributed by atoms with E-state index in [-0.39, 0.29) is 35.6 Å². The third-order valence-electron chi connectivity index (χ3n) is 6.12. The molecule has 3 amide bonds. The fraction of sp³-hybridized carbons (Fsp3) is 0.500. The van der Waals surface area contributed by atoms with Crippen LogP contribution in [-0.2, 0) is 14.3 Å². The van der Waals surface area contributed by atoms with Crippen LogP contribution in [0.5, 0.6) is 0 Å². The molecular formula is C22H28N4O4. The number of allylic oxidation sites excluding steroid dienone is 2. The van der Waals surface area contributed by atoms with Gasteiger partial charge in [0.15, 0.2) is 0 Å². The van der Waals surface area contributed by atoms with Gasteiger partial charge in [0.05, 0.1) is 30.7 Å². The summed E-state index contributed by atoms with van der Waals surface area (Å²) >= 11 is 0. The third kappa shape index (κ3) is 4.24. The number of amides is 3. The van der Waals surface area contributed by atoms with Gasteiger partial charge in [0.1, 0.15) is 0 Å². The molecule has 2 aliphatic heterocycles. The van der Waals surface area contributed by atoms with E-state index in [2.05, 4.69) is 22.6 Å². The van der Waals surface area contributed by atoms with Crippen LogP contribution >= 0.6 is 0 Å². The van der Waals surface area contributed by atoms with Crippen LogP contribution in [0.2, 0.25) is 0 Å². The van der Waals surface area contributed by atoms with E-state index < -0.39 is 0 Å². The summed E-state index contributed by atoms with van der Waals surface area (Å²) in [5.41, 5.74) is 3.65. The van der Waals surface area contributed by atoms with Crippen molar-refractivity contribution < 1.29 is 19.1 Å². The summed E-state index contributed by atoms with van der Waals surface area (Å²) in [6, 6.07) is 7.01. The average molecular weight is 412 g/mol. The Morgan fingerprint density at radius 1 is 1.20 bits per heavy atom. The van der Waals surface area contributed by atoms with Gasteiger partial charge in [-0.1, -0.05) is 18.2 Å². The fourth-order valence-corrected chi connectivity index (χ4v) is 4.26. The van der Waals surface area contributed by atoms with Gasteiger partial charge >= 0.3 is 0 Å². The molecule has 160 valence electrons. The lowest BCUT2D eigenvalue weighted by Gasteiger charge is -2.38. The Morgan fingerprint density at radius 3 is 2.70 bits per heavy atom. The number of carbonyl (C=O) groups excluding carboxylic acids is 3. The summed E-state index contributed by atoms with van der Waals surface area (Å²) in [5, 5.41) is 4.26. The van der Waals surface area contributed by atoms with Crippen molar-refractivity contribution in [3.8, 4) is 0 Å². The highest BCUT2D eigenvalue weighted by Crippen LogP contribution is 2.32. The highest BCUT2D eigenvalue weighted by atomic mass is 16.5. The molecule has 1 aromatic carbocycles. The minimum atomic E-state index is -0.351. The molecule has 2 heterocycles. The normalized spacial score (nSPS) is 25.4. The second-order valence-electron chi connectivity index (χ2n) is 8.06. The molecule has 30 heavy (non-hydrogen) atoms. The minimum absolute atomic E-state index is 0.137. The predicted octanol–water partition coefficient (Wildman–Crippen LogP) is 1.10. The smallest absolute Gasteiger partial charge is 0.251 e. The number of fused-ring (bicyclic) bond motifs is 1. The van der Waals surface area contributed by atoms with Crippen molar-refractivity contribution in [1.29, 1.82) is 0 Å². The molecule has 8 heteroatoms. The van der Waals surface area contributed by atoms with Gasteiger partial charge in [-0.15, -0.1) is 0 Å². The van der Waals surface area contributed by atoms with Crippen molar-refractivity contribution in [2.75, 3.05) is 37.9 Å². The highest BCUT2D eigenvalue weighted by molar-refractivity contribution is 6.05. The van der Waals surface area contributed by atoms with Gasteiger partial charge in [0, 0.05) is 31.2 Å². The van der Waals surface area contributed by atoms with Crippen LogP contribution in [0.15, 0.2) is 36.4 Å². The lowest BCUT2D eigenvalue weighted by Crippen LogP contribution is -2.59. The van der Waals surface area contributed by atoms with Gasteiger partial charge in [-0.05, 0) is 38.0 Å². The van der Waals surface area contributed by atoms with Crippen molar-refractivity contribution in [3.05, 3.63) is 42.0 Å². The van der Waals surface area contributed by atoms with E-state index in [0.717, 1.165) is 13.1 Å². The van der Waals surface area contributed by atoms with Crippen LogP contribution < -0.4 is 15.8 Å². The summed E-state index contributed by atoms with van der Waals surface area (Å²) < 4.78 is 5.37. The summed E-state index contributed by atoms with van der Waals surface area (Å²) in [4.78, 5) is 40.4. The van der Waals surface area contributed by atoms with Crippen LogP contribution in [-0.4, -0.2) is 61.5 Å². The Balaban J connectivity index is 1.42. The number of morpholine rings is 1. The molecular weight excluding hydrogens is 384 g/mol.